The summed E-state index contributed by atoms with van der Waals surface area (Å²) in [5, 5.41) is 2.88. The summed E-state index contributed by atoms with van der Waals surface area (Å²) < 4.78 is 5.65. The van der Waals surface area contributed by atoms with Crippen LogP contribution in [0.1, 0.15) is 24.9 Å². The van der Waals surface area contributed by atoms with E-state index in [1.165, 1.54) is 0 Å². The zero-order valence-electron chi connectivity index (χ0n) is 14.0. The zero-order valence-corrected chi connectivity index (χ0v) is 15.7. The molecular weight excluding hydrogens is 337 g/mol. The molecule has 1 rings (SSSR count). The SMILES string of the molecule is CCOC(CCN(C)C)CNC(=O)C(N)c1ccccc1.Cl.Cl. The zero-order chi connectivity index (χ0) is 15.7. The number of halogens is 2. The van der Waals surface area contributed by atoms with Gasteiger partial charge in [0, 0.05) is 19.7 Å². The predicted octanol–water partition coefficient (Wildman–Crippen LogP) is 2.00. The molecule has 0 fully saturated rings. The normalized spacial score (nSPS) is 12.7. The summed E-state index contributed by atoms with van der Waals surface area (Å²) in [6.07, 6.45) is 0.895. The van der Waals surface area contributed by atoms with Gasteiger partial charge in [-0.25, -0.2) is 0 Å². The second-order valence-corrected chi connectivity index (χ2v) is 5.30. The van der Waals surface area contributed by atoms with E-state index < -0.39 is 6.04 Å². The molecule has 0 heterocycles. The summed E-state index contributed by atoms with van der Waals surface area (Å²) >= 11 is 0. The number of rotatable bonds is 9. The maximum absolute atomic E-state index is 12.1. The molecule has 0 aliphatic rings. The second-order valence-electron chi connectivity index (χ2n) is 5.30. The number of carbonyl (C=O) groups excluding carboxylic acids is 1. The molecule has 2 unspecified atom stereocenters. The highest BCUT2D eigenvalue weighted by atomic mass is 35.5. The number of ether oxygens (including phenoxy) is 1. The van der Waals surface area contributed by atoms with Gasteiger partial charge in [0.25, 0.3) is 0 Å². The Morgan fingerprint density at radius 1 is 1.26 bits per heavy atom. The van der Waals surface area contributed by atoms with Crippen LogP contribution in [0.4, 0.5) is 0 Å². The lowest BCUT2D eigenvalue weighted by atomic mass is 10.1. The van der Waals surface area contributed by atoms with Crippen LogP contribution < -0.4 is 11.1 Å². The number of carbonyl (C=O) groups is 1. The van der Waals surface area contributed by atoms with Gasteiger partial charge in [0.15, 0.2) is 0 Å². The van der Waals surface area contributed by atoms with Crippen molar-refractivity contribution < 1.29 is 9.53 Å². The van der Waals surface area contributed by atoms with Crippen LogP contribution in [0.15, 0.2) is 30.3 Å². The number of nitrogens with one attached hydrogen (secondary N) is 1. The molecule has 0 saturated heterocycles. The van der Waals surface area contributed by atoms with Crippen LogP contribution in [0, 0.1) is 0 Å². The minimum Gasteiger partial charge on any atom is -0.377 e. The Labute approximate surface area is 151 Å². The average molecular weight is 366 g/mol. The first-order valence-corrected chi connectivity index (χ1v) is 7.39. The van der Waals surface area contributed by atoms with Crippen molar-refractivity contribution in [1.29, 1.82) is 0 Å². The number of benzene rings is 1. The molecule has 1 amide bonds. The summed E-state index contributed by atoms with van der Waals surface area (Å²) in [5.74, 6) is -0.171. The lowest BCUT2D eigenvalue weighted by molar-refractivity contribution is -0.123. The summed E-state index contributed by atoms with van der Waals surface area (Å²) in [7, 11) is 4.04. The van der Waals surface area contributed by atoms with Gasteiger partial charge in [-0.15, -0.1) is 24.8 Å². The molecule has 0 bridgehead atoms. The van der Waals surface area contributed by atoms with Crippen LogP contribution in [0.3, 0.4) is 0 Å². The van der Waals surface area contributed by atoms with Crippen LogP contribution in [0.25, 0.3) is 0 Å². The van der Waals surface area contributed by atoms with Gasteiger partial charge in [0.2, 0.25) is 5.91 Å². The number of hydrogen-bond acceptors (Lipinski definition) is 4. The van der Waals surface area contributed by atoms with Gasteiger partial charge >= 0.3 is 0 Å². The number of amides is 1. The van der Waals surface area contributed by atoms with Crippen molar-refractivity contribution in [2.24, 2.45) is 5.73 Å². The Bertz CT molecular complexity index is 419. The number of nitrogens with zero attached hydrogens (tertiary/aromatic N) is 1. The first kappa shape index (κ1) is 24.4. The first-order valence-electron chi connectivity index (χ1n) is 7.39. The van der Waals surface area contributed by atoms with Crippen molar-refractivity contribution in [1.82, 2.24) is 10.2 Å². The van der Waals surface area contributed by atoms with Crippen LogP contribution in [-0.2, 0) is 9.53 Å². The van der Waals surface area contributed by atoms with Gasteiger partial charge in [0.1, 0.15) is 6.04 Å². The topological polar surface area (TPSA) is 67.6 Å². The Kier molecular flexibility index (Phi) is 14.4. The minimum atomic E-state index is -0.637. The maximum Gasteiger partial charge on any atom is 0.241 e. The van der Waals surface area contributed by atoms with E-state index in [2.05, 4.69) is 10.2 Å². The molecule has 1 aromatic carbocycles. The summed E-state index contributed by atoms with van der Waals surface area (Å²) in [6, 6.07) is 8.74. The van der Waals surface area contributed by atoms with E-state index >= 15 is 0 Å². The van der Waals surface area contributed by atoms with Gasteiger partial charge in [-0.2, -0.15) is 0 Å². The van der Waals surface area contributed by atoms with E-state index in [0.717, 1.165) is 18.5 Å². The monoisotopic (exact) mass is 365 g/mol. The Hall–Kier alpha value is -0.850. The maximum atomic E-state index is 12.1. The van der Waals surface area contributed by atoms with Gasteiger partial charge in [-0.1, -0.05) is 30.3 Å². The molecule has 0 radical (unpaired) electrons. The van der Waals surface area contributed by atoms with E-state index in [4.69, 9.17) is 10.5 Å². The first-order chi connectivity index (χ1) is 10.0. The van der Waals surface area contributed by atoms with E-state index in [1.807, 2.05) is 51.4 Å². The third-order valence-corrected chi connectivity index (χ3v) is 3.25. The van der Waals surface area contributed by atoms with Crippen LogP contribution in [0.5, 0.6) is 0 Å². The summed E-state index contributed by atoms with van der Waals surface area (Å²) in [4.78, 5) is 14.2. The molecule has 0 saturated carbocycles. The minimum absolute atomic E-state index is 0. The molecule has 23 heavy (non-hydrogen) atoms. The fourth-order valence-electron chi connectivity index (χ4n) is 2.02. The predicted molar refractivity (Wildman–Crippen MR) is 99.5 cm³/mol. The fourth-order valence-corrected chi connectivity index (χ4v) is 2.02. The Morgan fingerprint density at radius 2 is 1.87 bits per heavy atom. The van der Waals surface area contributed by atoms with Gasteiger partial charge in [-0.3, -0.25) is 4.79 Å². The number of nitrogens with two attached hydrogens (primary N) is 1. The van der Waals surface area contributed by atoms with E-state index in [1.54, 1.807) is 0 Å². The van der Waals surface area contributed by atoms with Crippen molar-refractivity contribution in [3.8, 4) is 0 Å². The molecule has 134 valence electrons. The van der Waals surface area contributed by atoms with Gasteiger partial charge in [-0.05, 0) is 33.0 Å². The highest BCUT2D eigenvalue weighted by Gasteiger charge is 2.17. The van der Waals surface area contributed by atoms with Crippen LogP contribution in [-0.4, -0.2) is 50.7 Å². The molecular formula is C16H29Cl2N3O2. The summed E-state index contributed by atoms with van der Waals surface area (Å²) in [6.45, 7) is 4.01. The fraction of sp³-hybridized carbons (Fsp3) is 0.562. The van der Waals surface area contributed by atoms with E-state index in [0.29, 0.717) is 13.2 Å². The lowest BCUT2D eigenvalue weighted by Gasteiger charge is -2.21. The molecule has 0 aliphatic heterocycles. The van der Waals surface area contributed by atoms with Crippen molar-refractivity contribution in [3.63, 3.8) is 0 Å². The third kappa shape index (κ3) is 9.79. The standard InChI is InChI=1S/C16H27N3O2.2ClH/c1-4-21-14(10-11-19(2)3)12-18-16(20)15(17)13-8-6-5-7-9-13;;/h5-9,14-15H,4,10-12,17H2,1-3H3,(H,18,20);2*1H. The van der Waals surface area contributed by atoms with Crippen LogP contribution >= 0.6 is 24.8 Å². The summed E-state index contributed by atoms with van der Waals surface area (Å²) in [5.41, 5.74) is 6.78. The molecule has 7 heteroatoms. The smallest absolute Gasteiger partial charge is 0.241 e. The molecule has 0 aliphatic carbocycles. The van der Waals surface area contributed by atoms with Crippen molar-refractivity contribution in [2.45, 2.75) is 25.5 Å². The largest absolute Gasteiger partial charge is 0.377 e. The van der Waals surface area contributed by atoms with Crippen molar-refractivity contribution >= 4 is 30.7 Å². The average Bonchev–Trinajstić information content (AvgIpc) is 2.49. The molecule has 3 N–H and O–H groups in total. The molecule has 0 spiro atoms. The second kappa shape index (κ2) is 13.6. The quantitative estimate of drug-likeness (QED) is 0.702. The van der Waals surface area contributed by atoms with E-state index in [-0.39, 0.29) is 36.8 Å². The Balaban J connectivity index is 0. The highest BCUT2D eigenvalue weighted by molar-refractivity contribution is 5.85. The molecule has 1 aromatic rings. The van der Waals surface area contributed by atoms with E-state index in [9.17, 15) is 4.79 Å². The Morgan fingerprint density at radius 3 is 2.39 bits per heavy atom. The third-order valence-electron chi connectivity index (χ3n) is 3.25. The lowest BCUT2D eigenvalue weighted by Crippen LogP contribution is -2.40. The van der Waals surface area contributed by atoms with Crippen molar-refractivity contribution in [2.75, 3.05) is 33.8 Å². The molecule has 0 aromatic heterocycles. The number of hydrogen-bond donors (Lipinski definition) is 2. The van der Waals surface area contributed by atoms with Gasteiger partial charge < -0.3 is 20.7 Å². The highest BCUT2D eigenvalue weighted by Crippen LogP contribution is 2.09. The molecule has 5 nitrogen and oxygen atoms in total. The van der Waals surface area contributed by atoms with Crippen LogP contribution in [0.2, 0.25) is 0 Å². The van der Waals surface area contributed by atoms with Gasteiger partial charge in [0.05, 0.1) is 6.10 Å². The van der Waals surface area contributed by atoms with Crippen molar-refractivity contribution in [3.05, 3.63) is 35.9 Å². The molecule has 2 atom stereocenters.